The van der Waals surface area contributed by atoms with E-state index in [0.29, 0.717) is 16.9 Å². The van der Waals surface area contributed by atoms with Crippen molar-refractivity contribution in [1.29, 1.82) is 0 Å². The molecule has 1 heterocycles. The van der Waals surface area contributed by atoms with Crippen LogP contribution in [-0.2, 0) is 16.1 Å². The predicted molar refractivity (Wildman–Crippen MR) is 146 cm³/mol. The minimum Gasteiger partial charge on any atom is -0.508 e. The number of likely N-dealkylation sites (tertiary alicyclic amines) is 1. The number of phenolic OH excluding ortho intramolecular Hbond substituents is 1. The summed E-state index contributed by atoms with van der Waals surface area (Å²) in [5.41, 5.74) is 0.728. The number of aromatic hydroxyl groups is 1. The lowest BCUT2D eigenvalue weighted by molar-refractivity contribution is -0.140. The van der Waals surface area contributed by atoms with E-state index in [1.807, 2.05) is 39.0 Å². The first-order chi connectivity index (χ1) is 17.9. The molecule has 2 N–H and O–H groups in total. The van der Waals surface area contributed by atoms with E-state index >= 15 is 0 Å². The van der Waals surface area contributed by atoms with Crippen molar-refractivity contribution in [3.8, 4) is 17.2 Å². The molecule has 0 spiro atoms. The van der Waals surface area contributed by atoms with Crippen molar-refractivity contribution < 1.29 is 29.3 Å². The van der Waals surface area contributed by atoms with Gasteiger partial charge in [-0.3, -0.25) is 9.59 Å². The first-order valence-corrected chi connectivity index (χ1v) is 12.5. The molecule has 1 saturated heterocycles. The zero-order valence-corrected chi connectivity index (χ0v) is 22.8. The standard InChI is InChI=1S/C29H27Cl2NO6/c1-29(2,3)38-22-8-6-5-7-17(22)15-32-24(16-9-11-19(33)12-10-16)23(26(35)28(32)36)25(34)18-13-20(30)27(37-4)21(31)14-18/h5-14,24,33-34H,15H2,1-4H3/b25-23+. The van der Waals surface area contributed by atoms with E-state index in [-0.39, 0.29) is 39.2 Å². The van der Waals surface area contributed by atoms with Crippen molar-refractivity contribution in [2.24, 2.45) is 0 Å². The number of aliphatic hydroxyl groups excluding tert-OH is 1. The number of benzene rings is 3. The normalized spacial score (nSPS) is 17.1. The van der Waals surface area contributed by atoms with E-state index in [9.17, 15) is 19.8 Å². The molecule has 1 aliphatic heterocycles. The van der Waals surface area contributed by atoms with Crippen LogP contribution in [0.4, 0.5) is 0 Å². The molecule has 1 unspecified atom stereocenters. The van der Waals surface area contributed by atoms with Gasteiger partial charge in [0.15, 0.2) is 5.75 Å². The lowest BCUT2D eigenvalue weighted by Gasteiger charge is -2.28. The molecule has 0 aromatic heterocycles. The number of nitrogens with zero attached hydrogens (tertiary/aromatic N) is 1. The number of Topliss-reactive ketones (excluding diaryl/α,β-unsaturated/α-hetero) is 1. The van der Waals surface area contributed by atoms with Gasteiger partial charge in [-0.1, -0.05) is 53.5 Å². The monoisotopic (exact) mass is 555 g/mol. The Morgan fingerprint density at radius 2 is 1.61 bits per heavy atom. The summed E-state index contributed by atoms with van der Waals surface area (Å²) in [7, 11) is 1.41. The molecule has 0 bridgehead atoms. The molecule has 1 atom stereocenters. The number of ketones is 1. The number of para-hydroxylation sites is 1. The van der Waals surface area contributed by atoms with Gasteiger partial charge in [0, 0.05) is 11.1 Å². The molecule has 1 fully saturated rings. The van der Waals surface area contributed by atoms with Crippen LogP contribution in [0.25, 0.3) is 5.76 Å². The Kier molecular flexibility index (Phi) is 7.63. The Morgan fingerprint density at radius 1 is 1.00 bits per heavy atom. The van der Waals surface area contributed by atoms with E-state index in [1.54, 1.807) is 18.2 Å². The third-order valence-corrected chi connectivity index (χ3v) is 6.52. The number of hydrogen-bond donors (Lipinski definition) is 2. The second-order valence-electron chi connectivity index (χ2n) is 9.81. The number of phenols is 1. The molecule has 198 valence electrons. The minimum atomic E-state index is -0.960. The number of amides is 1. The van der Waals surface area contributed by atoms with Crippen molar-refractivity contribution in [3.63, 3.8) is 0 Å². The van der Waals surface area contributed by atoms with Crippen molar-refractivity contribution in [2.75, 3.05) is 7.11 Å². The Balaban J connectivity index is 1.87. The van der Waals surface area contributed by atoms with E-state index in [4.69, 9.17) is 32.7 Å². The fourth-order valence-electron chi connectivity index (χ4n) is 4.34. The number of hydrogen-bond acceptors (Lipinski definition) is 6. The highest BCUT2D eigenvalue weighted by Gasteiger charge is 2.46. The molecule has 0 aliphatic carbocycles. The molecule has 0 radical (unpaired) electrons. The number of aliphatic hydroxyl groups is 1. The summed E-state index contributed by atoms with van der Waals surface area (Å²) in [6.45, 7) is 5.77. The molecular weight excluding hydrogens is 529 g/mol. The largest absolute Gasteiger partial charge is 0.508 e. The van der Waals surface area contributed by atoms with Crippen LogP contribution in [-0.4, -0.2) is 39.5 Å². The van der Waals surface area contributed by atoms with Gasteiger partial charge in [0.2, 0.25) is 0 Å². The van der Waals surface area contributed by atoms with Crippen LogP contribution in [0, 0.1) is 0 Å². The number of halogens is 2. The molecule has 38 heavy (non-hydrogen) atoms. The SMILES string of the molecule is COc1c(Cl)cc(/C(O)=C2\C(=O)C(=O)N(Cc3ccccc3OC(C)(C)C)C2c2ccc(O)cc2)cc1Cl. The van der Waals surface area contributed by atoms with Gasteiger partial charge in [0.05, 0.1) is 35.3 Å². The highest BCUT2D eigenvalue weighted by atomic mass is 35.5. The molecular formula is C29H27Cl2NO6. The topological polar surface area (TPSA) is 96.3 Å². The average Bonchev–Trinajstić information content (AvgIpc) is 3.09. The smallest absolute Gasteiger partial charge is 0.295 e. The highest BCUT2D eigenvalue weighted by Crippen LogP contribution is 2.43. The molecule has 7 nitrogen and oxygen atoms in total. The van der Waals surface area contributed by atoms with E-state index in [1.165, 1.54) is 36.3 Å². The second-order valence-corrected chi connectivity index (χ2v) is 10.6. The van der Waals surface area contributed by atoms with Crippen molar-refractivity contribution in [3.05, 3.63) is 93.0 Å². The first kappa shape index (κ1) is 27.4. The summed E-state index contributed by atoms with van der Waals surface area (Å²) in [5, 5.41) is 21.5. The summed E-state index contributed by atoms with van der Waals surface area (Å²) in [6, 6.07) is 15.2. The Morgan fingerprint density at radius 3 is 2.18 bits per heavy atom. The maximum Gasteiger partial charge on any atom is 0.295 e. The van der Waals surface area contributed by atoms with Crippen LogP contribution in [0.2, 0.25) is 10.0 Å². The van der Waals surface area contributed by atoms with E-state index in [2.05, 4.69) is 0 Å². The van der Waals surface area contributed by atoms with Gasteiger partial charge in [-0.2, -0.15) is 0 Å². The Labute approximate surface area is 230 Å². The van der Waals surface area contributed by atoms with Gasteiger partial charge in [0.1, 0.15) is 22.9 Å². The summed E-state index contributed by atoms with van der Waals surface area (Å²) < 4.78 is 11.3. The molecule has 4 rings (SSSR count). The summed E-state index contributed by atoms with van der Waals surface area (Å²) in [5.74, 6) is -1.28. The van der Waals surface area contributed by atoms with Gasteiger partial charge < -0.3 is 24.6 Å². The van der Waals surface area contributed by atoms with Crippen LogP contribution < -0.4 is 9.47 Å². The van der Waals surface area contributed by atoms with Crippen molar-refractivity contribution >= 4 is 40.7 Å². The summed E-state index contributed by atoms with van der Waals surface area (Å²) in [6.07, 6.45) is 0. The van der Waals surface area contributed by atoms with Gasteiger partial charge in [-0.15, -0.1) is 0 Å². The third-order valence-electron chi connectivity index (χ3n) is 5.95. The first-order valence-electron chi connectivity index (χ1n) is 11.8. The number of ether oxygens (including phenoxy) is 2. The fourth-order valence-corrected chi connectivity index (χ4v) is 4.98. The van der Waals surface area contributed by atoms with Crippen LogP contribution >= 0.6 is 23.2 Å². The van der Waals surface area contributed by atoms with Gasteiger partial charge in [0.25, 0.3) is 11.7 Å². The quantitative estimate of drug-likeness (QED) is 0.204. The Bertz CT molecular complexity index is 1400. The van der Waals surface area contributed by atoms with Crippen LogP contribution in [0.1, 0.15) is 43.5 Å². The average molecular weight is 556 g/mol. The number of rotatable bonds is 6. The van der Waals surface area contributed by atoms with Crippen molar-refractivity contribution in [1.82, 2.24) is 4.90 Å². The second kappa shape index (κ2) is 10.6. The minimum absolute atomic E-state index is 0.0170. The Hall–Kier alpha value is -3.68. The third kappa shape index (κ3) is 5.44. The van der Waals surface area contributed by atoms with Gasteiger partial charge >= 0.3 is 0 Å². The number of carbonyl (C=O) groups excluding carboxylic acids is 2. The van der Waals surface area contributed by atoms with Gasteiger partial charge in [-0.05, 0) is 56.7 Å². The fraction of sp³-hybridized carbons (Fsp3) is 0.241. The lowest BCUT2D eigenvalue weighted by atomic mass is 9.95. The predicted octanol–water partition coefficient (Wildman–Crippen LogP) is 6.51. The molecule has 3 aromatic rings. The maximum atomic E-state index is 13.4. The van der Waals surface area contributed by atoms with Gasteiger partial charge in [-0.25, -0.2) is 0 Å². The van der Waals surface area contributed by atoms with Crippen LogP contribution in [0.15, 0.2) is 66.2 Å². The van der Waals surface area contributed by atoms with E-state index in [0.717, 1.165) is 0 Å². The van der Waals surface area contributed by atoms with Crippen LogP contribution in [0.5, 0.6) is 17.2 Å². The molecule has 1 amide bonds. The van der Waals surface area contributed by atoms with Crippen LogP contribution in [0.3, 0.4) is 0 Å². The molecule has 3 aromatic carbocycles. The lowest BCUT2D eigenvalue weighted by Crippen LogP contribution is -2.30. The van der Waals surface area contributed by atoms with Crippen molar-refractivity contribution in [2.45, 2.75) is 39.0 Å². The zero-order chi connectivity index (χ0) is 27.8. The highest BCUT2D eigenvalue weighted by molar-refractivity contribution is 6.46. The molecule has 0 saturated carbocycles. The maximum absolute atomic E-state index is 13.4. The number of methoxy groups -OCH3 is 1. The number of carbonyl (C=O) groups is 2. The van der Waals surface area contributed by atoms with E-state index < -0.39 is 29.1 Å². The zero-order valence-electron chi connectivity index (χ0n) is 21.3. The molecule has 1 aliphatic rings. The molecule has 9 heteroatoms. The summed E-state index contributed by atoms with van der Waals surface area (Å²) >= 11 is 12.6. The summed E-state index contributed by atoms with van der Waals surface area (Å²) in [4.78, 5) is 28.2.